The third-order valence-corrected chi connectivity index (χ3v) is 6.77. The lowest BCUT2D eigenvalue weighted by atomic mass is 9.66. The van der Waals surface area contributed by atoms with Gasteiger partial charge in [-0.15, -0.1) is 0 Å². The second kappa shape index (κ2) is 9.23. The number of rotatable bonds is 7. The fourth-order valence-electron chi connectivity index (χ4n) is 5.38. The highest BCUT2D eigenvalue weighted by Gasteiger charge is 2.52. The van der Waals surface area contributed by atoms with Gasteiger partial charge in [-0.25, -0.2) is 0 Å². The molecule has 1 aromatic carbocycles. The number of para-hydroxylation sites is 1. The van der Waals surface area contributed by atoms with Gasteiger partial charge in [-0.1, -0.05) is 25.0 Å². The van der Waals surface area contributed by atoms with Gasteiger partial charge in [0.05, 0.1) is 37.1 Å². The highest BCUT2D eigenvalue weighted by molar-refractivity contribution is 5.76. The molecule has 1 saturated heterocycles. The third-order valence-electron chi connectivity index (χ3n) is 6.77. The number of likely N-dealkylation sites (tertiary alicyclic amines) is 1. The van der Waals surface area contributed by atoms with Gasteiger partial charge in [0.15, 0.2) is 6.54 Å². The average Bonchev–Trinajstić information content (AvgIpc) is 3.27. The second-order valence-corrected chi connectivity index (χ2v) is 8.60. The molecule has 30 heavy (non-hydrogen) atoms. The number of furan rings is 1. The summed E-state index contributed by atoms with van der Waals surface area (Å²) in [5.41, 5.74) is 0.467. The van der Waals surface area contributed by atoms with Gasteiger partial charge in [-0.05, 0) is 44.0 Å². The summed E-state index contributed by atoms with van der Waals surface area (Å²) in [4.78, 5) is 14.0. The molecule has 2 heterocycles. The van der Waals surface area contributed by atoms with E-state index in [1.807, 2.05) is 37.3 Å². The standard InChI is InChI=1S/C24H32N2O4/c1-2-29-21-11-4-3-9-19(21)23-20-10-5-6-12-24(20,28)13-14-26(23)17-22(27)25-16-18-8-7-15-30-18/h3-4,7-9,11,15,20,23,28H,2,5-6,10,12-14,16-17H2,1H3,(H,25,27)/p+1/t20-,23+,24+/m0/s1. The predicted molar refractivity (Wildman–Crippen MR) is 113 cm³/mol. The van der Waals surface area contributed by atoms with Gasteiger partial charge in [0.25, 0.3) is 5.91 Å². The van der Waals surface area contributed by atoms with Crippen molar-refractivity contribution >= 4 is 5.91 Å². The number of benzene rings is 1. The molecular weight excluding hydrogens is 380 g/mol. The molecule has 1 amide bonds. The van der Waals surface area contributed by atoms with E-state index in [1.54, 1.807) is 6.26 Å². The molecule has 0 bridgehead atoms. The quantitative estimate of drug-likeness (QED) is 0.651. The van der Waals surface area contributed by atoms with Crippen LogP contribution < -0.4 is 15.0 Å². The van der Waals surface area contributed by atoms with Crippen LogP contribution in [0.4, 0.5) is 0 Å². The summed E-state index contributed by atoms with van der Waals surface area (Å²) < 4.78 is 11.3. The molecule has 2 aliphatic rings. The van der Waals surface area contributed by atoms with Crippen molar-refractivity contribution in [1.29, 1.82) is 0 Å². The summed E-state index contributed by atoms with van der Waals surface area (Å²) in [6, 6.07) is 11.9. The first-order chi connectivity index (χ1) is 14.6. The Morgan fingerprint density at radius 2 is 2.13 bits per heavy atom. The lowest BCUT2D eigenvalue weighted by molar-refractivity contribution is -0.937. The van der Waals surface area contributed by atoms with Crippen molar-refractivity contribution in [3.8, 4) is 5.75 Å². The molecule has 162 valence electrons. The van der Waals surface area contributed by atoms with Crippen LogP contribution in [-0.2, 0) is 11.3 Å². The Kier molecular flexibility index (Phi) is 6.44. The monoisotopic (exact) mass is 413 g/mol. The number of nitrogens with one attached hydrogen (secondary N) is 2. The Morgan fingerprint density at radius 3 is 2.93 bits per heavy atom. The van der Waals surface area contributed by atoms with Crippen LogP contribution in [0.5, 0.6) is 5.75 Å². The number of aliphatic hydroxyl groups is 1. The summed E-state index contributed by atoms with van der Waals surface area (Å²) in [7, 11) is 0. The summed E-state index contributed by atoms with van der Waals surface area (Å²) in [5.74, 6) is 1.75. The van der Waals surface area contributed by atoms with Crippen LogP contribution in [0.3, 0.4) is 0 Å². The van der Waals surface area contributed by atoms with Crippen LogP contribution >= 0.6 is 0 Å². The smallest absolute Gasteiger partial charge is 0.275 e. The maximum absolute atomic E-state index is 12.8. The first-order valence-corrected chi connectivity index (χ1v) is 11.2. The van der Waals surface area contributed by atoms with Crippen molar-refractivity contribution in [1.82, 2.24) is 5.32 Å². The van der Waals surface area contributed by atoms with Crippen LogP contribution in [0.15, 0.2) is 47.1 Å². The molecule has 3 N–H and O–H groups in total. The number of amides is 1. The molecule has 6 nitrogen and oxygen atoms in total. The summed E-state index contributed by atoms with van der Waals surface area (Å²) >= 11 is 0. The molecule has 1 aromatic heterocycles. The van der Waals surface area contributed by atoms with Crippen LogP contribution in [-0.4, -0.2) is 36.3 Å². The lowest BCUT2D eigenvalue weighted by Gasteiger charge is -2.50. The van der Waals surface area contributed by atoms with Crippen molar-refractivity contribution in [3.05, 3.63) is 54.0 Å². The van der Waals surface area contributed by atoms with E-state index in [4.69, 9.17) is 9.15 Å². The molecule has 4 atom stereocenters. The van der Waals surface area contributed by atoms with E-state index in [0.717, 1.165) is 55.7 Å². The Morgan fingerprint density at radius 1 is 1.27 bits per heavy atom. The number of fused-ring (bicyclic) bond motifs is 1. The number of hydrogen-bond acceptors (Lipinski definition) is 4. The number of quaternary nitrogens is 1. The predicted octanol–water partition coefficient (Wildman–Crippen LogP) is 2.25. The van der Waals surface area contributed by atoms with E-state index in [-0.39, 0.29) is 17.9 Å². The van der Waals surface area contributed by atoms with E-state index in [0.29, 0.717) is 19.7 Å². The molecule has 4 rings (SSSR count). The van der Waals surface area contributed by atoms with Crippen LogP contribution in [0.2, 0.25) is 0 Å². The topological polar surface area (TPSA) is 76.1 Å². The molecule has 6 heteroatoms. The molecule has 1 aliphatic carbocycles. The second-order valence-electron chi connectivity index (χ2n) is 8.60. The zero-order valence-electron chi connectivity index (χ0n) is 17.7. The van der Waals surface area contributed by atoms with E-state index in [1.165, 1.54) is 4.90 Å². The molecule has 0 radical (unpaired) electrons. The van der Waals surface area contributed by atoms with Crippen molar-refractivity contribution in [2.24, 2.45) is 5.92 Å². The van der Waals surface area contributed by atoms with E-state index in [2.05, 4.69) is 11.4 Å². The van der Waals surface area contributed by atoms with Gasteiger partial charge in [0.2, 0.25) is 0 Å². The minimum atomic E-state index is -0.642. The Bertz CT molecular complexity index is 837. The van der Waals surface area contributed by atoms with Crippen molar-refractivity contribution < 1.29 is 24.0 Å². The number of hydrogen-bond donors (Lipinski definition) is 3. The number of ether oxygens (including phenoxy) is 1. The van der Waals surface area contributed by atoms with Gasteiger partial charge in [-0.3, -0.25) is 4.79 Å². The third kappa shape index (κ3) is 4.40. The minimum Gasteiger partial charge on any atom is -0.493 e. The summed E-state index contributed by atoms with van der Waals surface area (Å²) in [6.45, 7) is 4.12. The Balaban J connectivity index is 1.57. The van der Waals surface area contributed by atoms with Crippen molar-refractivity contribution in [2.45, 2.75) is 57.2 Å². The summed E-state index contributed by atoms with van der Waals surface area (Å²) in [5, 5.41) is 14.4. The fourth-order valence-corrected chi connectivity index (χ4v) is 5.38. The van der Waals surface area contributed by atoms with Crippen molar-refractivity contribution in [3.63, 3.8) is 0 Å². The molecule has 1 aliphatic heterocycles. The van der Waals surface area contributed by atoms with E-state index in [9.17, 15) is 9.90 Å². The van der Waals surface area contributed by atoms with Crippen molar-refractivity contribution in [2.75, 3.05) is 19.7 Å². The molecule has 2 aromatic rings. The lowest BCUT2D eigenvalue weighted by Crippen LogP contribution is -3.16. The fraction of sp³-hybridized carbons (Fsp3) is 0.542. The molecule has 0 spiro atoms. The highest BCUT2D eigenvalue weighted by Crippen LogP contribution is 2.45. The maximum atomic E-state index is 12.8. The highest BCUT2D eigenvalue weighted by atomic mass is 16.5. The van der Waals surface area contributed by atoms with Crippen LogP contribution in [0, 0.1) is 5.92 Å². The van der Waals surface area contributed by atoms with Gasteiger partial charge in [0, 0.05) is 12.3 Å². The molecule has 1 saturated carbocycles. The van der Waals surface area contributed by atoms with Gasteiger partial charge in [0.1, 0.15) is 17.6 Å². The first-order valence-electron chi connectivity index (χ1n) is 11.2. The van der Waals surface area contributed by atoms with Gasteiger partial charge in [-0.2, -0.15) is 0 Å². The summed E-state index contributed by atoms with van der Waals surface area (Å²) in [6.07, 6.45) is 6.39. The Hall–Kier alpha value is -2.31. The molecular formula is C24H33N2O4+. The van der Waals surface area contributed by atoms with Crippen LogP contribution in [0.25, 0.3) is 0 Å². The zero-order valence-corrected chi connectivity index (χ0v) is 17.7. The van der Waals surface area contributed by atoms with E-state index >= 15 is 0 Å². The zero-order chi connectivity index (χ0) is 21.0. The molecule has 2 fully saturated rings. The van der Waals surface area contributed by atoms with E-state index < -0.39 is 5.60 Å². The number of carbonyl (C=O) groups is 1. The van der Waals surface area contributed by atoms with Gasteiger partial charge < -0.3 is 24.5 Å². The maximum Gasteiger partial charge on any atom is 0.275 e. The SMILES string of the molecule is CCOc1ccccc1[C@@H]1[C@@H]2CCCC[C@@]2(O)CC[NH+]1CC(=O)NCc1ccco1. The normalized spacial score (nSPS) is 28.5. The minimum absolute atomic E-state index is 0.00143. The molecule has 1 unspecified atom stereocenters. The Labute approximate surface area is 178 Å². The number of carbonyl (C=O) groups excluding carboxylic acids is 1. The largest absolute Gasteiger partial charge is 0.493 e. The first kappa shape index (κ1) is 20.9. The van der Waals surface area contributed by atoms with Gasteiger partial charge >= 0.3 is 0 Å². The van der Waals surface area contributed by atoms with Crippen LogP contribution in [0.1, 0.15) is 56.4 Å². The number of piperidine rings is 1. The average molecular weight is 414 g/mol.